The summed E-state index contributed by atoms with van der Waals surface area (Å²) in [5.41, 5.74) is 1.87. The zero-order valence-corrected chi connectivity index (χ0v) is 22.1. The van der Waals surface area contributed by atoms with Crippen LogP contribution in [0.5, 0.6) is 5.75 Å². The molecule has 0 bridgehead atoms. The molecule has 0 saturated carbocycles. The van der Waals surface area contributed by atoms with Gasteiger partial charge in [0.25, 0.3) is 11.8 Å². The number of hydrogen-bond donors (Lipinski definition) is 0. The molecule has 0 aromatic heterocycles. The topological polar surface area (TPSA) is 53.1 Å². The molecule has 6 nitrogen and oxygen atoms in total. The van der Waals surface area contributed by atoms with Gasteiger partial charge in [0.2, 0.25) is 0 Å². The second-order valence-corrected chi connectivity index (χ2v) is 9.42. The molecular formula is C30H31ClFN3O3. The Morgan fingerprint density at radius 2 is 1.66 bits per heavy atom. The summed E-state index contributed by atoms with van der Waals surface area (Å²) in [7, 11) is 1.62. The predicted molar refractivity (Wildman–Crippen MR) is 148 cm³/mol. The minimum Gasteiger partial charge on any atom is -0.496 e. The van der Waals surface area contributed by atoms with Crippen molar-refractivity contribution in [3.8, 4) is 5.75 Å². The molecule has 38 heavy (non-hydrogen) atoms. The molecule has 1 heterocycles. The van der Waals surface area contributed by atoms with E-state index in [1.54, 1.807) is 24.1 Å². The van der Waals surface area contributed by atoms with Gasteiger partial charge in [-0.2, -0.15) is 0 Å². The number of carbonyl (C=O) groups is 2. The number of nitrogens with zero attached hydrogens (tertiary/aromatic N) is 3. The van der Waals surface area contributed by atoms with E-state index in [-0.39, 0.29) is 17.6 Å². The zero-order chi connectivity index (χ0) is 26.9. The SMILES string of the molecule is COc1ccccc1/C=C/CN(CCN1CCN(C(=O)c2ccccc2Cl)CC1)C(=O)c1ccc(F)cc1. The molecule has 8 heteroatoms. The molecule has 3 aromatic carbocycles. The van der Waals surface area contributed by atoms with Crippen LogP contribution in [0.1, 0.15) is 26.3 Å². The van der Waals surface area contributed by atoms with Gasteiger partial charge < -0.3 is 14.5 Å². The van der Waals surface area contributed by atoms with Gasteiger partial charge in [0.15, 0.2) is 0 Å². The summed E-state index contributed by atoms with van der Waals surface area (Å²) >= 11 is 6.21. The summed E-state index contributed by atoms with van der Waals surface area (Å²) in [6.07, 6.45) is 3.86. The zero-order valence-electron chi connectivity index (χ0n) is 21.4. The molecule has 2 amide bonds. The highest BCUT2D eigenvalue weighted by atomic mass is 35.5. The summed E-state index contributed by atoms with van der Waals surface area (Å²) in [4.78, 5) is 32.0. The molecule has 0 N–H and O–H groups in total. The molecule has 4 rings (SSSR count). The highest BCUT2D eigenvalue weighted by molar-refractivity contribution is 6.33. The molecule has 1 fully saturated rings. The minimum absolute atomic E-state index is 0.0650. The van der Waals surface area contributed by atoms with Crippen molar-refractivity contribution >= 4 is 29.5 Å². The van der Waals surface area contributed by atoms with Crippen molar-refractivity contribution in [1.29, 1.82) is 0 Å². The predicted octanol–water partition coefficient (Wildman–Crippen LogP) is 5.10. The van der Waals surface area contributed by atoms with Crippen LogP contribution in [0.4, 0.5) is 4.39 Å². The maximum atomic E-state index is 13.4. The first kappa shape index (κ1) is 27.4. The van der Waals surface area contributed by atoms with Crippen LogP contribution in [-0.2, 0) is 0 Å². The van der Waals surface area contributed by atoms with Gasteiger partial charge in [-0.3, -0.25) is 14.5 Å². The Hall–Kier alpha value is -3.68. The Morgan fingerprint density at radius 3 is 2.37 bits per heavy atom. The number of methoxy groups -OCH3 is 1. The lowest BCUT2D eigenvalue weighted by Gasteiger charge is -2.36. The van der Waals surface area contributed by atoms with Crippen molar-refractivity contribution in [2.75, 3.05) is 52.9 Å². The molecule has 0 spiro atoms. The quantitative estimate of drug-likeness (QED) is 0.382. The van der Waals surface area contributed by atoms with E-state index in [9.17, 15) is 14.0 Å². The van der Waals surface area contributed by atoms with E-state index >= 15 is 0 Å². The third-order valence-electron chi connectivity index (χ3n) is 6.59. The van der Waals surface area contributed by atoms with Crippen LogP contribution >= 0.6 is 11.6 Å². The standard InChI is InChI=1S/C30H31ClFN3O3/c1-38-28-11-5-2-7-23(28)8-6-16-34(29(36)24-12-14-25(32)15-13-24)20-17-33-18-21-35(22-19-33)30(37)26-9-3-4-10-27(26)31/h2-15H,16-22H2,1H3/b8-6+. The summed E-state index contributed by atoms with van der Waals surface area (Å²) in [6, 6.07) is 20.4. The number of piperazine rings is 1. The molecule has 0 radical (unpaired) electrons. The third-order valence-corrected chi connectivity index (χ3v) is 6.92. The lowest BCUT2D eigenvalue weighted by Crippen LogP contribution is -2.50. The fourth-order valence-electron chi connectivity index (χ4n) is 4.40. The van der Waals surface area contributed by atoms with Gasteiger partial charge in [0.1, 0.15) is 11.6 Å². The van der Waals surface area contributed by atoms with Crippen LogP contribution in [0, 0.1) is 5.82 Å². The normalized spacial score (nSPS) is 14.0. The molecule has 198 valence electrons. The van der Waals surface area contributed by atoms with Crippen LogP contribution in [0.15, 0.2) is 78.9 Å². The average molecular weight is 536 g/mol. The van der Waals surface area contributed by atoms with Crippen LogP contribution in [0.25, 0.3) is 6.08 Å². The molecule has 0 unspecified atom stereocenters. The first-order chi connectivity index (χ1) is 18.5. The van der Waals surface area contributed by atoms with Crippen molar-refractivity contribution in [3.63, 3.8) is 0 Å². The van der Waals surface area contributed by atoms with Crippen LogP contribution in [0.2, 0.25) is 5.02 Å². The number of rotatable bonds is 9. The van der Waals surface area contributed by atoms with Gasteiger partial charge in [-0.15, -0.1) is 0 Å². The minimum atomic E-state index is -0.381. The van der Waals surface area contributed by atoms with E-state index in [1.807, 2.05) is 53.5 Å². The fraction of sp³-hybridized carbons (Fsp3) is 0.267. The van der Waals surface area contributed by atoms with E-state index in [1.165, 1.54) is 24.3 Å². The van der Waals surface area contributed by atoms with Crippen molar-refractivity contribution in [3.05, 3.63) is 106 Å². The van der Waals surface area contributed by atoms with Crippen molar-refractivity contribution in [1.82, 2.24) is 14.7 Å². The molecule has 0 atom stereocenters. The lowest BCUT2D eigenvalue weighted by atomic mass is 10.1. The number of hydrogen-bond acceptors (Lipinski definition) is 4. The van der Waals surface area contributed by atoms with Gasteiger partial charge in [0, 0.05) is 56.9 Å². The van der Waals surface area contributed by atoms with Crippen molar-refractivity contribution in [2.24, 2.45) is 0 Å². The second-order valence-electron chi connectivity index (χ2n) is 9.02. The van der Waals surface area contributed by atoms with Gasteiger partial charge in [0.05, 0.1) is 17.7 Å². The second kappa shape index (κ2) is 13.2. The Kier molecular flexibility index (Phi) is 9.51. The molecule has 3 aromatic rings. The number of amides is 2. The third kappa shape index (κ3) is 7.00. The lowest BCUT2D eigenvalue weighted by molar-refractivity contribution is 0.0610. The molecule has 1 aliphatic rings. The number of ether oxygens (including phenoxy) is 1. The summed E-state index contributed by atoms with van der Waals surface area (Å²) < 4.78 is 18.8. The van der Waals surface area contributed by atoms with Crippen LogP contribution in [-0.4, -0.2) is 79.4 Å². The summed E-state index contributed by atoms with van der Waals surface area (Å²) in [5.74, 6) is 0.143. The monoisotopic (exact) mass is 535 g/mol. The Morgan fingerprint density at radius 1 is 0.974 bits per heavy atom. The maximum Gasteiger partial charge on any atom is 0.255 e. The maximum absolute atomic E-state index is 13.4. The van der Waals surface area contributed by atoms with Gasteiger partial charge in [-0.25, -0.2) is 4.39 Å². The first-order valence-electron chi connectivity index (χ1n) is 12.6. The largest absolute Gasteiger partial charge is 0.496 e. The Bertz CT molecular complexity index is 1270. The number of benzene rings is 3. The average Bonchev–Trinajstić information content (AvgIpc) is 2.95. The molecule has 1 saturated heterocycles. The molecular weight excluding hydrogens is 505 g/mol. The summed E-state index contributed by atoms with van der Waals surface area (Å²) in [5, 5.41) is 0.455. The smallest absolute Gasteiger partial charge is 0.255 e. The van der Waals surface area contributed by atoms with Gasteiger partial charge >= 0.3 is 0 Å². The highest BCUT2D eigenvalue weighted by Gasteiger charge is 2.24. The number of para-hydroxylation sites is 1. The summed E-state index contributed by atoms with van der Waals surface area (Å²) in [6.45, 7) is 4.11. The van der Waals surface area contributed by atoms with Gasteiger partial charge in [-0.1, -0.05) is 54.1 Å². The van der Waals surface area contributed by atoms with E-state index in [2.05, 4.69) is 4.90 Å². The number of carbonyl (C=O) groups excluding carboxylic acids is 2. The Labute approximate surface area is 227 Å². The molecule has 1 aliphatic heterocycles. The highest BCUT2D eigenvalue weighted by Crippen LogP contribution is 2.20. The van der Waals surface area contributed by atoms with E-state index in [0.29, 0.717) is 62.0 Å². The molecule has 0 aliphatic carbocycles. The fourth-order valence-corrected chi connectivity index (χ4v) is 4.62. The van der Waals surface area contributed by atoms with Crippen LogP contribution in [0.3, 0.4) is 0 Å². The van der Waals surface area contributed by atoms with Crippen molar-refractivity contribution in [2.45, 2.75) is 0 Å². The van der Waals surface area contributed by atoms with E-state index < -0.39 is 0 Å². The number of halogens is 2. The van der Waals surface area contributed by atoms with E-state index in [0.717, 1.165) is 11.3 Å². The van der Waals surface area contributed by atoms with E-state index in [4.69, 9.17) is 16.3 Å². The first-order valence-corrected chi connectivity index (χ1v) is 12.9. The van der Waals surface area contributed by atoms with Crippen molar-refractivity contribution < 1.29 is 18.7 Å². The van der Waals surface area contributed by atoms with Crippen LogP contribution < -0.4 is 4.74 Å². The van der Waals surface area contributed by atoms with Gasteiger partial charge in [-0.05, 0) is 42.5 Å². The Balaban J connectivity index is 1.38.